The molecular weight excluding hydrogens is 500 g/mol. The van der Waals surface area contributed by atoms with Crippen molar-refractivity contribution < 1.29 is 8.42 Å². The van der Waals surface area contributed by atoms with Crippen molar-refractivity contribution in [1.29, 1.82) is 0 Å². The van der Waals surface area contributed by atoms with Crippen LogP contribution in [0.4, 0.5) is 0 Å². The van der Waals surface area contributed by atoms with E-state index in [1.807, 2.05) is 42.5 Å². The Balaban J connectivity index is 1.33. The second kappa shape index (κ2) is 8.06. The van der Waals surface area contributed by atoms with E-state index in [1.165, 1.54) is 0 Å². The van der Waals surface area contributed by atoms with Crippen molar-refractivity contribution in [2.45, 2.75) is 9.79 Å². The van der Waals surface area contributed by atoms with Gasteiger partial charge in [-0.3, -0.25) is 4.98 Å². The highest BCUT2D eigenvalue weighted by atomic mass is 32.2. The number of hydrogen-bond donors (Lipinski definition) is 0. The summed E-state index contributed by atoms with van der Waals surface area (Å²) in [6, 6.07) is 37.8. The molecule has 5 heteroatoms. The first kappa shape index (κ1) is 22.1. The van der Waals surface area contributed by atoms with E-state index in [0.717, 1.165) is 66.1 Å². The van der Waals surface area contributed by atoms with Gasteiger partial charge in [-0.1, -0.05) is 84.9 Å². The van der Waals surface area contributed by atoms with Gasteiger partial charge in [0.2, 0.25) is 9.84 Å². The molecule has 0 radical (unpaired) electrons. The molecule has 0 unspecified atom stereocenters. The minimum absolute atomic E-state index is 0.370. The zero-order chi connectivity index (χ0) is 26.1. The van der Waals surface area contributed by atoms with E-state index in [4.69, 9.17) is 4.98 Å². The summed E-state index contributed by atoms with van der Waals surface area (Å²) in [6.07, 6.45) is 1.81. The molecule has 1 aliphatic rings. The fourth-order valence-electron chi connectivity index (χ4n) is 5.83. The Morgan fingerprint density at radius 1 is 0.513 bits per heavy atom. The fraction of sp³-hybridized carbons (Fsp3) is 0. The van der Waals surface area contributed by atoms with Gasteiger partial charge in [-0.2, -0.15) is 0 Å². The van der Waals surface area contributed by atoms with Crippen LogP contribution in [-0.4, -0.2) is 18.4 Å². The third-order valence-corrected chi connectivity index (χ3v) is 9.55. The number of sulfone groups is 1. The molecule has 2 aromatic heterocycles. The first-order chi connectivity index (χ1) is 19.1. The van der Waals surface area contributed by atoms with Gasteiger partial charge in [0, 0.05) is 33.7 Å². The number of aromatic nitrogens is 2. The molecule has 0 atom stereocenters. The minimum Gasteiger partial charge on any atom is -0.254 e. The van der Waals surface area contributed by atoms with Crippen molar-refractivity contribution in [2.24, 2.45) is 0 Å². The largest absolute Gasteiger partial charge is 0.254 e. The predicted octanol–water partition coefficient (Wildman–Crippen LogP) is 8.08. The molecule has 1 aliphatic heterocycles. The average Bonchev–Trinajstić information content (AvgIpc) is 3.22. The Labute approximate surface area is 225 Å². The number of hydrogen-bond acceptors (Lipinski definition) is 4. The normalized spacial score (nSPS) is 13.5. The Morgan fingerprint density at radius 3 is 2.08 bits per heavy atom. The summed E-state index contributed by atoms with van der Waals surface area (Å²) < 4.78 is 26.2. The average molecular weight is 521 g/mol. The first-order valence-electron chi connectivity index (χ1n) is 12.8. The Hall–Kier alpha value is -4.87. The highest BCUT2D eigenvalue weighted by Gasteiger charge is 2.32. The van der Waals surface area contributed by atoms with Gasteiger partial charge in [0.05, 0.1) is 26.5 Å². The number of rotatable bonds is 2. The molecule has 184 valence electrons. The van der Waals surface area contributed by atoms with Crippen molar-refractivity contribution in [3.63, 3.8) is 0 Å². The van der Waals surface area contributed by atoms with Gasteiger partial charge in [-0.05, 0) is 52.2 Å². The standard InChI is InChI=1S/C34H20N2O2S/c37-39(38)31-10-4-3-9-28(31)29-20-23(14-18-32(29)39)24-15-16-27(26-8-2-1-7-25(24)26)30-17-13-22-12-11-21-6-5-19-35-33(21)34(22)36-30/h1-20H. The van der Waals surface area contributed by atoms with Crippen LogP contribution in [0.2, 0.25) is 0 Å². The highest BCUT2D eigenvalue weighted by molar-refractivity contribution is 7.92. The Kier molecular flexibility index (Phi) is 4.58. The van der Waals surface area contributed by atoms with Crippen LogP contribution < -0.4 is 0 Å². The molecule has 0 bridgehead atoms. The smallest absolute Gasteiger partial charge is 0.207 e. The molecule has 3 heterocycles. The molecule has 0 saturated carbocycles. The maximum Gasteiger partial charge on any atom is 0.207 e. The molecule has 0 saturated heterocycles. The van der Waals surface area contributed by atoms with Crippen LogP contribution in [-0.2, 0) is 9.84 Å². The number of pyridine rings is 2. The minimum atomic E-state index is -3.50. The quantitative estimate of drug-likeness (QED) is 0.216. The lowest BCUT2D eigenvalue weighted by molar-refractivity contribution is 0.598. The van der Waals surface area contributed by atoms with Gasteiger partial charge in [0.25, 0.3) is 0 Å². The number of benzene rings is 5. The van der Waals surface area contributed by atoms with Crippen LogP contribution in [0.3, 0.4) is 0 Å². The third kappa shape index (κ3) is 3.20. The summed E-state index contributed by atoms with van der Waals surface area (Å²) in [7, 11) is -3.50. The van der Waals surface area contributed by atoms with Crippen molar-refractivity contribution in [3.05, 3.63) is 121 Å². The van der Waals surface area contributed by atoms with E-state index in [2.05, 4.69) is 59.6 Å². The van der Waals surface area contributed by atoms with E-state index < -0.39 is 9.84 Å². The molecule has 8 rings (SSSR count). The zero-order valence-corrected chi connectivity index (χ0v) is 21.5. The van der Waals surface area contributed by atoms with E-state index in [1.54, 1.807) is 24.4 Å². The zero-order valence-electron chi connectivity index (χ0n) is 20.7. The molecule has 39 heavy (non-hydrogen) atoms. The van der Waals surface area contributed by atoms with E-state index >= 15 is 0 Å². The lowest BCUT2D eigenvalue weighted by atomic mass is 9.92. The van der Waals surface area contributed by atoms with Crippen LogP contribution >= 0.6 is 0 Å². The molecule has 7 aromatic rings. The summed E-state index contributed by atoms with van der Waals surface area (Å²) in [6.45, 7) is 0. The second-order valence-electron chi connectivity index (χ2n) is 9.83. The van der Waals surface area contributed by atoms with Crippen molar-refractivity contribution in [3.8, 4) is 33.5 Å². The van der Waals surface area contributed by atoms with Crippen molar-refractivity contribution in [2.75, 3.05) is 0 Å². The molecule has 0 spiro atoms. The summed E-state index contributed by atoms with van der Waals surface area (Å²) >= 11 is 0. The Morgan fingerprint density at radius 2 is 1.21 bits per heavy atom. The molecule has 0 fully saturated rings. The molecular formula is C34H20N2O2S. The topological polar surface area (TPSA) is 59.9 Å². The van der Waals surface area contributed by atoms with Gasteiger partial charge < -0.3 is 0 Å². The van der Waals surface area contributed by atoms with E-state index in [9.17, 15) is 8.42 Å². The van der Waals surface area contributed by atoms with Gasteiger partial charge >= 0.3 is 0 Å². The van der Waals surface area contributed by atoms with Crippen LogP contribution in [0, 0.1) is 0 Å². The number of fused-ring (bicyclic) bond motifs is 7. The monoisotopic (exact) mass is 520 g/mol. The molecule has 5 aromatic carbocycles. The van der Waals surface area contributed by atoms with Gasteiger partial charge in [-0.15, -0.1) is 0 Å². The highest BCUT2D eigenvalue weighted by Crippen LogP contribution is 2.45. The number of nitrogens with zero attached hydrogens (tertiary/aromatic N) is 2. The maximum absolute atomic E-state index is 13.1. The van der Waals surface area contributed by atoms with Crippen molar-refractivity contribution >= 4 is 42.4 Å². The van der Waals surface area contributed by atoms with E-state index in [-0.39, 0.29) is 0 Å². The van der Waals surface area contributed by atoms with Gasteiger partial charge in [-0.25, -0.2) is 13.4 Å². The maximum atomic E-state index is 13.1. The van der Waals surface area contributed by atoms with Crippen LogP contribution in [0.25, 0.3) is 66.1 Å². The van der Waals surface area contributed by atoms with Gasteiger partial charge in [0.15, 0.2) is 0 Å². The van der Waals surface area contributed by atoms with Crippen LogP contribution in [0.15, 0.2) is 131 Å². The molecule has 0 N–H and O–H groups in total. The van der Waals surface area contributed by atoms with Gasteiger partial charge in [0.1, 0.15) is 0 Å². The fourth-order valence-corrected chi connectivity index (χ4v) is 7.50. The van der Waals surface area contributed by atoms with Crippen molar-refractivity contribution in [1.82, 2.24) is 9.97 Å². The first-order valence-corrected chi connectivity index (χ1v) is 14.2. The molecule has 4 nitrogen and oxygen atoms in total. The summed E-state index contributed by atoms with van der Waals surface area (Å²) in [4.78, 5) is 10.4. The predicted molar refractivity (Wildman–Crippen MR) is 156 cm³/mol. The molecule has 0 aliphatic carbocycles. The van der Waals surface area contributed by atoms with E-state index in [0.29, 0.717) is 9.79 Å². The summed E-state index contributed by atoms with van der Waals surface area (Å²) in [5, 5.41) is 4.29. The Bertz CT molecular complexity index is 2250. The SMILES string of the molecule is O=S1(=O)c2ccccc2-c2cc(-c3ccc(-c4ccc5ccc6cccnc6c5n4)c4ccccc34)ccc21. The van der Waals surface area contributed by atoms with Crippen LogP contribution in [0.5, 0.6) is 0 Å². The van der Waals surface area contributed by atoms with Crippen LogP contribution in [0.1, 0.15) is 0 Å². The lowest BCUT2D eigenvalue weighted by Crippen LogP contribution is -1.96. The summed E-state index contributed by atoms with van der Waals surface area (Å²) in [5.41, 5.74) is 7.25. The third-order valence-electron chi connectivity index (χ3n) is 7.68. The summed E-state index contributed by atoms with van der Waals surface area (Å²) in [5.74, 6) is 0. The molecule has 0 amide bonds. The lowest BCUT2D eigenvalue weighted by Gasteiger charge is -2.13. The second-order valence-corrected chi connectivity index (χ2v) is 11.7.